The molecule has 20 heavy (non-hydrogen) atoms. The monoisotopic (exact) mass is 283 g/mol. The van der Waals surface area contributed by atoms with E-state index < -0.39 is 0 Å². The smallest absolute Gasteiger partial charge is 0.134 e. The molecule has 1 N–H and O–H groups in total. The normalized spacial score (nSPS) is 10.8. The van der Waals surface area contributed by atoms with Gasteiger partial charge in [0.25, 0.3) is 0 Å². The van der Waals surface area contributed by atoms with Crippen LogP contribution in [-0.2, 0) is 11.3 Å². The van der Waals surface area contributed by atoms with Crippen molar-refractivity contribution in [1.82, 2.24) is 15.0 Å². The molecule has 0 bridgehead atoms. The average molecular weight is 283 g/mol. The van der Waals surface area contributed by atoms with Crippen molar-refractivity contribution < 1.29 is 4.74 Å². The van der Waals surface area contributed by atoms with Crippen molar-refractivity contribution in [3.05, 3.63) is 53.1 Å². The van der Waals surface area contributed by atoms with Gasteiger partial charge in [0, 0.05) is 24.4 Å². The zero-order valence-corrected chi connectivity index (χ0v) is 11.8. The Balaban J connectivity index is 2.12. The number of pyridine rings is 1. The summed E-state index contributed by atoms with van der Waals surface area (Å²) >= 11 is 5.20. The quantitative estimate of drug-likeness (QED) is 0.747. The van der Waals surface area contributed by atoms with E-state index in [-0.39, 0.29) is 0 Å². The first kappa shape index (κ1) is 12.9. The van der Waals surface area contributed by atoms with Crippen LogP contribution in [0.3, 0.4) is 0 Å². The lowest BCUT2D eigenvalue weighted by Crippen LogP contribution is -1.98. The van der Waals surface area contributed by atoms with Crippen molar-refractivity contribution in [3.8, 4) is 11.3 Å². The SMILES string of the molecule is COCc1nc(=S)cc(-c2ccc3ncccc3c2)[nH]1. The maximum absolute atomic E-state index is 5.20. The summed E-state index contributed by atoms with van der Waals surface area (Å²) < 4.78 is 5.65. The molecular formula is C15H13N3OS. The van der Waals surface area contributed by atoms with Crippen LogP contribution in [0.5, 0.6) is 0 Å². The first-order chi connectivity index (χ1) is 9.76. The Morgan fingerprint density at radius 2 is 2.15 bits per heavy atom. The average Bonchev–Trinajstić information content (AvgIpc) is 2.46. The van der Waals surface area contributed by atoms with Crippen molar-refractivity contribution in [2.75, 3.05) is 7.11 Å². The second-order valence-corrected chi connectivity index (χ2v) is 4.84. The molecule has 0 unspecified atom stereocenters. The highest BCUT2D eigenvalue weighted by Crippen LogP contribution is 2.22. The molecule has 3 aromatic rings. The molecule has 0 aliphatic carbocycles. The summed E-state index contributed by atoms with van der Waals surface area (Å²) in [4.78, 5) is 11.8. The maximum atomic E-state index is 5.20. The van der Waals surface area contributed by atoms with Crippen LogP contribution in [-0.4, -0.2) is 22.1 Å². The standard InChI is InChI=1S/C15H13N3OS/c1-19-9-14-17-13(8-15(20)18-14)11-4-5-12-10(7-11)3-2-6-16-12/h2-8H,9H2,1H3,(H,17,18,20). The van der Waals surface area contributed by atoms with Crippen molar-refractivity contribution in [3.63, 3.8) is 0 Å². The van der Waals surface area contributed by atoms with Crippen molar-refractivity contribution >= 4 is 23.1 Å². The summed E-state index contributed by atoms with van der Waals surface area (Å²) in [5.41, 5.74) is 2.96. The van der Waals surface area contributed by atoms with Gasteiger partial charge in [-0.15, -0.1) is 0 Å². The molecule has 2 aromatic heterocycles. The van der Waals surface area contributed by atoms with Gasteiger partial charge in [0.1, 0.15) is 17.1 Å². The largest absolute Gasteiger partial charge is 0.377 e. The Kier molecular flexibility index (Phi) is 3.54. The summed E-state index contributed by atoms with van der Waals surface area (Å²) in [6.07, 6.45) is 1.79. The van der Waals surface area contributed by atoms with Crippen LogP contribution in [0.4, 0.5) is 0 Å². The second kappa shape index (κ2) is 5.48. The summed E-state index contributed by atoms with van der Waals surface area (Å²) in [5.74, 6) is 0.723. The number of fused-ring (bicyclic) bond motifs is 1. The lowest BCUT2D eigenvalue weighted by Gasteiger charge is -2.06. The molecule has 4 nitrogen and oxygen atoms in total. The van der Waals surface area contributed by atoms with Gasteiger partial charge in [-0.25, -0.2) is 4.98 Å². The molecular weight excluding hydrogens is 270 g/mol. The van der Waals surface area contributed by atoms with E-state index in [0.717, 1.165) is 28.0 Å². The molecule has 0 spiro atoms. The number of nitrogens with one attached hydrogen (secondary N) is 1. The molecule has 0 aliphatic rings. The molecule has 0 fully saturated rings. The minimum atomic E-state index is 0.409. The van der Waals surface area contributed by atoms with E-state index in [1.165, 1.54) is 0 Å². The Hall–Kier alpha value is -2.11. The second-order valence-electron chi connectivity index (χ2n) is 4.42. The van der Waals surface area contributed by atoms with Gasteiger partial charge in [0.05, 0.1) is 5.52 Å². The van der Waals surface area contributed by atoms with Crippen LogP contribution in [0.25, 0.3) is 22.2 Å². The zero-order valence-electron chi connectivity index (χ0n) is 11.0. The summed E-state index contributed by atoms with van der Waals surface area (Å²) in [6, 6.07) is 11.9. The molecule has 3 rings (SSSR count). The molecule has 100 valence electrons. The van der Waals surface area contributed by atoms with Gasteiger partial charge in [-0.2, -0.15) is 0 Å². The van der Waals surface area contributed by atoms with Crippen molar-refractivity contribution in [2.45, 2.75) is 6.61 Å². The Morgan fingerprint density at radius 3 is 3.00 bits per heavy atom. The summed E-state index contributed by atoms with van der Waals surface area (Å²) in [5, 5.41) is 1.09. The first-order valence-corrected chi connectivity index (χ1v) is 6.61. The highest BCUT2D eigenvalue weighted by Gasteiger charge is 2.03. The van der Waals surface area contributed by atoms with E-state index in [2.05, 4.69) is 21.0 Å². The van der Waals surface area contributed by atoms with Gasteiger partial charge in [0.15, 0.2) is 0 Å². The van der Waals surface area contributed by atoms with Crippen LogP contribution < -0.4 is 0 Å². The van der Waals surface area contributed by atoms with E-state index in [1.807, 2.05) is 30.3 Å². The number of aromatic nitrogens is 3. The number of ether oxygens (including phenoxy) is 1. The van der Waals surface area contributed by atoms with E-state index in [0.29, 0.717) is 11.2 Å². The summed E-state index contributed by atoms with van der Waals surface area (Å²) in [7, 11) is 1.63. The number of hydrogen-bond donors (Lipinski definition) is 1. The van der Waals surface area contributed by atoms with E-state index >= 15 is 0 Å². The number of benzene rings is 1. The molecule has 0 saturated carbocycles. The van der Waals surface area contributed by atoms with E-state index in [4.69, 9.17) is 17.0 Å². The number of nitrogens with zero attached hydrogens (tertiary/aromatic N) is 2. The Labute approximate surface area is 121 Å². The van der Waals surface area contributed by atoms with Crippen LogP contribution in [0, 0.1) is 4.64 Å². The van der Waals surface area contributed by atoms with E-state index in [1.54, 1.807) is 13.3 Å². The molecule has 0 aliphatic heterocycles. The molecule has 0 atom stereocenters. The molecule has 2 heterocycles. The third-order valence-corrected chi connectivity index (χ3v) is 3.20. The lowest BCUT2D eigenvalue weighted by molar-refractivity contribution is 0.177. The van der Waals surface area contributed by atoms with Crippen LogP contribution >= 0.6 is 12.2 Å². The molecule has 1 aromatic carbocycles. The van der Waals surface area contributed by atoms with Gasteiger partial charge in [0.2, 0.25) is 0 Å². The first-order valence-electron chi connectivity index (χ1n) is 6.20. The Morgan fingerprint density at radius 1 is 1.25 bits per heavy atom. The number of H-pyrrole nitrogens is 1. The number of rotatable bonds is 3. The fraction of sp³-hybridized carbons (Fsp3) is 0.133. The number of aromatic amines is 1. The molecule has 0 saturated heterocycles. The molecule has 5 heteroatoms. The molecule has 0 amide bonds. The highest BCUT2D eigenvalue weighted by atomic mass is 32.1. The third kappa shape index (κ3) is 2.59. The Bertz CT molecular complexity index is 813. The van der Waals surface area contributed by atoms with Gasteiger partial charge in [-0.05, 0) is 29.8 Å². The van der Waals surface area contributed by atoms with Crippen LogP contribution in [0.1, 0.15) is 5.82 Å². The van der Waals surface area contributed by atoms with Gasteiger partial charge < -0.3 is 9.72 Å². The number of hydrogen-bond acceptors (Lipinski definition) is 4. The molecule has 0 radical (unpaired) electrons. The number of methoxy groups -OCH3 is 1. The predicted octanol–water partition coefficient (Wildman–Crippen LogP) is 3.50. The highest BCUT2D eigenvalue weighted by molar-refractivity contribution is 7.71. The third-order valence-electron chi connectivity index (χ3n) is 2.99. The fourth-order valence-electron chi connectivity index (χ4n) is 2.11. The minimum absolute atomic E-state index is 0.409. The fourth-order valence-corrected chi connectivity index (χ4v) is 2.34. The lowest BCUT2D eigenvalue weighted by atomic mass is 10.1. The summed E-state index contributed by atoms with van der Waals surface area (Å²) in [6.45, 7) is 0.409. The van der Waals surface area contributed by atoms with Crippen molar-refractivity contribution in [2.24, 2.45) is 0 Å². The topological polar surface area (TPSA) is 50.8 Å². The van der Waals surface area contributed by atoms with Crippen LogP contribution in [0.15, 0.2) is 42.6 Å². The van der Waals surface area contributed by atoms with Crippen LogP contribution in [0.2, 0.25) is 0 Å². The van der Waals surface area contributed by atoms with Gasteiger partial charge in [-0.1, -0.05) is 24.4 Å². The van der Waals surface area contributed by atoms with Crippen molar-refractivity contribution in [1.29, 1.82) is 0 Å². The van der Waals surface area contributed by atoms with E-state index in [9.17, 15) is 0 Å². The maximum Gasteiger partial charge on any atom is 0.134 e. The zero-order chi connectivity index (χ0) is 13.9. The van der Waals surface area contributed by atoms with Gasteiger partial charge >= 0.3 is 0 Å². The minimum Gasteiger partial charge on any atom is -0.377 e. The predicted molar refractivity (Wildman–Crippen MR) is 80.9 cm³/mol. The van der Waals surface area contributed by atoms with Gasteiger partial charge in [-0.3, -0.25) is 4.98 Å².